The molecule has 0 amide bonds. The number of halogens is 1. The number of carbonyl (C=O) groups is 2. The summed E-state index contributed by atoms with van der Waals surface area (Å²) in [6.45, 7) is -0.196. The van der Waals surface area contributed by atoms with Crippen LogP contribution in [-0.2, 0) is 14.3 Å². The monoisotopic (exact) mass is 310 g/mol. The van der Waals surface area contributed by atoms with Crippen molar-refractivity contribution >= 4 is 29.6 Å². The maximum Gasteiger partial charge on any atom is 0.356 e. The number of azide groups is 1. The van der Waals surface area contributed by atoms with Crippen molar-refractivity contribution in [1.82, 2.24) is 4.98 Å². The summed E-state index contributed by atoms with van der Waals surface area (Å²) >= 11 is 5.94. The van der Waals surface area contributed by atoms with E-state index in [1.54, 1.807) is 0 Å². The Bertz CT molecular complexity index is 638. The van der Waals surface area contributed by atoms with Crippen LogP contribution in [0, 0.1) is 0 Å². The lowest BCUT2D eigenvalue weighted by Crippen LogP contribution is -2.08. The van der Waals surface area contributed by atoms with Crippen LogP contribution in [0.2, 0.25) is 5.15 Å². The summed E-state index contributed by atoms with van der Waals surface area (Å²) in [4.78, 5) is 29.3. The van der Waals surface area contributed by atoms with E-state index in [1.807, 2.05) is 0 Å². The molecule has 0 aromatic carbocycles. The summed E-state index contributed by atoms with van der Waals surface area (Å²) in [7, 11) is 2.42. The summed E-state index contributed by atoms with van der Waals surface area (Å²) < 4.78 is 9.09. The third-order valence-electron chi connectivity index (χ3n) is 2.35. The number of pyridine rings is 1. The van der Waals surface area contributed by atoms with Gasteiger partial charge in [-0.1, -0.05) is 16.7 Å². The van der Waals surface area contributed by atoms with Crippen LogP contribution in [0.4, 0.5) is 0 Å². The normalized spacial score (nSPS) is 10.5. The SMILES string of the molecule is COC(=O)/C(=C/c1ccc(C(=O)OC)nc1Cl)CN=[N+]=[N-]. The van der Waals surface area contributed by atoms with E-state index in [2.05, 4.69) is 24.5 Å². The molecule has 0 bridgehead atoms. The Morgan fingerprint density at radius 2 is 2.14 bits per heavy atom. The molecule has 8 nitrogen and oxygen atoms in total. The van der Waals surface area contributed by atoms with Gasteiger partial charge in [-0.2, -0.15) is 0 Å². The first kappa shape index (κ1) is 16.5. The predicted molar refractivity (Wildman–Crippen MR) is 74.6 cm³/mol. The molecular formula is C12H11ClN4O4. The lowest BCUT2D eigenvalue weighted by molar-refractivity contribution is -0.136. The molecule has 0 spiro atoms. The molecule has 110 valence electrons. The van der Waals surface area contributed by atoms with Crippen LogP contribution in [0.5, 0.6) is 0 Å². The minimum absolute atomic E-state index is 0.000223. The number of carbonyl (C=O) groups excluding carboxylic acids is 2. The first-order valence-electron chi connectivity index (χ1n) is 5.58. The first-order valence-corrected chi connectivity index (χ1v) is 5.95. The zero-order valence-corrected chi connectivity index (χ0v) is 12.0. The molecule has 1 rings (SSSR count). The Morgan fingerprint density at radius 3 is 2.67 bits per heavy atom. The summed E-state index contributed by atoms with van der Waals surface area (Å²) in [5.41, 5.74) is 8.82. The standard InChI is InChI=1S/C12H11ClN4O4/c1-20-11(18)8(6-15-17-14)5-7-3-4-9(12(19)21-2)16-10(7)13/h3-5H,6H2,1-2H3/b8-5+. The molecule has 0 atom stereocenters. The van der Waals surface area contributed by atoms with Crippen molar-refractivity contribution in [2.24, 2.45) is 5.11 Å². The summed E-state index contributed by atoms with van der Waals surface area (Å²) in [5, 5.41) is 3.30. The Labute approximate surface area is 125 Å². The van der Waals surface area contributed by atoms with Gasteiger partial charge >= 0.3 is 11.9 Å². The molecule has 21 heavy (non-hydrogen) atoms. The lowest BCUT2D eigenvalue weighted by atomic mass is 10.1. The van der Waals surface area contributed by atoms with Crippen molar-refractivity contribution in [1.29, 1.82) is 0 Å². The van der Waals surface area contributed by atoms with Crippen molar-refractivity contribution in [2.45, 2.75) is 0 Å². The van der Waals surface area contributed by atoms with Crippen LogP contribution >= 0.6 is 11.6 Å². The second-order valence-corrected chi connectivity index (χ2v) is 3.98. The van der Waals surface area contributed by atoms with Crippen LogP contribution in [0.25, 0.3) is 16.5 Å². The van der Waals surface area contributed by atoms with Crippen molar-refractivity contribution in [2.75, 3.05) is 20.8 Å². The van der Waals surface area contributed by atoms with Gasteiger partial charge in [0.25, 0.3) is 0 Å². The number of nitrogens with zero attached hydrogens (tertiary/aromatic N) is 4. The minimum Gasteiger partial charge on any atom is -0.466 e. The molecule has 0 saturated heterocycles. The van der Waals surface area contributed by atoms with E-state index < -0.39 is 11.9 Å². The molecule has 0 unspecified atom stereocenters. The van der Waals surface area contributed by atoms with Gasteiger partial charge in [0.1, 0.15) is 10.8 Å². The average molecular weight is 311 g/mol. The van der Waals surface area contributed by atoms with Gasteiger partial charge in [-0.15, -0.1) is 0 Å². The van der Waals surface area contributed by atoms with Crippen molar-refractivity contribution < 1.29 is 19.1 Å². The third-order valence-corrected chi connectivity index (χ3v) is 2.66. The number of hydrogen-bond acceptors (Lipinski definition) is 6. The van der Waals surface area contributed by atoms with Gasteiger partial charge < -0.3 is 9.47 Å². The summed E-state index contributed by atoms with van der Waals surface area (Å²) in [5.74, 6) is -1.29. The van der Waals surface area contributed by atoms with Crippen molar-refractivity contribution in [3.63, 3.8) is 0 Å². The number of aromatic nitrogens is 1. The second kappa shape index (κ2) is 7.88. The van der Waals surface area contributed by atoms with Gasteiger partial charge in [-0.05, 0) is 23.7 Å². The van der Waals surface area contributed by atoms with Gasteiger partial charge in [-0.3, -0.25) is 0 Å². The molecule has 1 aromatic rings. The predicted octanol–water partition coefficient (Wildman–Crippen LogP) is 2.39. The van der Waals surface area contributed by atoms with Crippen molar-refractivity contribution in [3.05, 3.63) is 44.6 Å². The zero-order chi connectivity index (χ0) is 15.8. The maximum absolute atomic E-state index is 11.5. The lowest BCUT2D eigenvalue weighted by Gasteiger charge is -2.05. The smallest absolute Gasteiger partial charge is 0.356 e. The number of rotatable bonds is 5. The molecule has 0 aliphatic rings. The highest BCUT2D eigenvalue weighted by atomic mass is 35.5. The largest absolute Gasteiger partial charge is 0.466 e. The van der Waals surface area contributed by atoms with Crippen LogP contribution < -0.4 is 0 Å². The van der Waals surface area contributed by atoms with E-state index in [0.29, 0.717) is 5.56 Å². The number of methoxy groups -OCH3 is 2. The molecule has 9 heteroatoms. The fourth-order valence-corrected chi connectivity index (χ4v) is 1.58. The zero-order valence-electron chi connectivity index (χ0n) is 11.2. The Kier molecular flexibility index (Phi) is 6.19. The fourth-order valence-electron chi connectivity index (χ4n) is 1.37. The van der Waals surface area contributed by atoms with E-state index in [9.17, 15) is 9.59 Å². The second-order valence-electron chi connectivity index (χ2n) is 3.62. The first-order chi connectivity index (χ1) is 10.0. The van der Waals surface area contributed by atoms with Crippen LogP contribution in [0.15, 0.2) is 22.8 Å². The maximum atomic E-state index is 11.5. The highest BCUT2D eigenvalue weighted by molar-refractivity contribution is 6.31. The van der Waals surface area contributed by atoms with E-state index >= 15 is 0 Å². The highest BCUT2D eigenvalue weighted by Gasteiger charge is 2.13. The molecule has 0 aliphatic carbocycles. The Morgan fingerprint density at radius 1 is 1.43 bits per heavy atom. The Hall–Kier alpha value is -2.57. The number of hydrogen-bond donors (Lipinski definition) is 0. The molecule has 0 saturated carbocycles. The molecule has 0 radical (unpaired) electrons. The third kappa shape index (κ3) is 4.48. The molecule has 0 fully saturated rings. The van der Waals surface area contributed by atoms with Gasteiger partial charge in [0, 0.05) is 16.0 Å². The van der Waals surface area contributed by atoms with Crippen LogP contribution in [0.3, 0.4) is 0 Å². The van der Waals surface area contributed by atoms with Gasteiger partial charge in [0.15, 0.2) is 0 Å². The molecule has 0 N–H and O–H groups in total. The van der Waals surface area contributed by atoms with E-state index in [1.165, 1.54) is 32.4 Å². The van der Waals surface area contributed by atoms with E-state index in [-0.39, 0.29) is 23.0 Å². The molecule has 1 aromatic heterocycles. The average Bonchev–Trinajstić information content (AvgIpc) is 2.51. The quantitative estimate of drug-likeness (QED) is 0.207. The summed E-state index contributed by atoms with van der Waals surface area (Å²) in [6.07, 6.45) is 1.37. The highest BCUT2D eigenvalue weighted by Crippen LogP contribution is 2.18. The van der Waals surface area contributed by atoms with Gasteiger partial charge in [0.2, 0.25) is 0 Å². The van der Waals surface area contributed by atoms with Gasteiger partial charge in [-0.25, -0.2) is 14.6 Å². The molecule has 1 heterocycles. The molecular weight excluding hydrogens is 300 g/mol. The van der Waals surface area contributed by atoms with E-state index in [0.717, 1.165) is 0 Å². The fraction of sp³-hybridized carbons (Fsp3) is 0.250. The van der Waals surface area contributed by atoms with Gasteiger partial charge in [0.05, 0.1) is 20.8 Å². The molecule has 0 aliphatic heterocycles. The van der Waals surface area contributed by atoms with Crippen LogP contribution in [0.1, 0.15) is 16.1 Å². The van der Waals surface area contributed by atoms with E-state index in [4.69, 9.17) is 17.1 Å². The number of ether oxygens (including phenoxy) is 2. The minimum atomic E-state index is -0.657. The van der Waals surface area contributed by atoms with Crippen LogP contribution in [-0.4, -0.2) is 37.7 Å². The van der Waals surface area contributed by atoms with Crippen molar-refractivity contribution in [3.8, 4) is 0 Å². The Balaban J connectivity index is 3.18. The number of esters is 2. The topological polar surface area (TPSA) is 114 Å². The summed E-state index contributed by atoms with van der Waals surface area (Å²) in [6, 6.07) is 2.88.